The Morgan fingerprint density at radius 2 is 1.79 bits per heavy atom. The van der Waals surface area contributed by atoms with Crippen molar-refractivity contribution in [1.29, 1.82) is 0 Å². The molecule has 2 nitrogen and oxygen atoms in total. The second-order valence-corrected chi connectivity index (χ2v) is 4.07. The molecular weight excluding hydrogens is 349 g/mol. The third kappa shape index (κ3) is 4.67. The van der Waals surface area contributed by atoms with E-state index >= 15 is 0 Å². The van der Waals surface area contributed by atoms with Crippen LogP contribution in [0.3, 0.4) is 0 Å². The van der Waals surface area contributed by atoms with E-state index in [0.717, 1.165) is 5.75 Å². The van der Waals surface area contributed by atoms with Gasteiger partial charge < -0.3 is 28.7 Å². The van der Waals surface area contributed by atoms with Gasteiger partial charge >= 0.3 is 0 Å². The zero-order valence-corrected chi connectivity index (χ0v) is 13.4. The summed E-state index contributed by atoms with van der Waals surface area (Å²) < 4.78 is 7.50. The summed E-state index contributed by atoms with van der Waals surface area (Å²) in [6.07, 6.45) is 6.25. The molecule has 0 saturated carbocycles. The van der Waals surface area contributed by atoms with Gasteiger partial charge in [-0.3, -0.25) is 0 Å². The number of nitrogens with zero attached hydrogens (tertiary/aromatic N) is 1. The summed E-state index contributed by atoms with van der Waals surface area (Å²) in [7, 11) is 2.04. The minimum absolute atomic E-state index is 0. The number of aromatic nitrogens is 1. The Bertz CT molecular complexity index is 535. The summed E-state index contributed by atoms with van der Waals surface area (Å²) in [6.45, 7) is 2.69. The Balaban J connectivity index is 0.00000180. The molecule has 0 radical (unpaired) electrons. The number of aryl methyl sites for hydroxylation is 1. The molecule has 1 heterocycles. The molecule has 2 rings (SSSR count). The van der Waals surface area contributed by atoms with Crippen LogP contribution in [0.4, 0.5) is 0 Å². The predicted molar refractivity (Wildman–Crippen MR) is 74.2 cm³/mol. The van der Waals surface area contributed by atoms with Gasteiger partial charge in [0.2, 0.25) is 5.69 Å². The summed E-state index contributed by atoms with van der Waals surface area (Å²) in [5.74, 6) is 0.917. The van der Waals surface area contributed by atoms with E-state index in [0.29, 0.717) is 6.61 Å². The molecule has 0 aliphatic heterocycles. The zero-order valence-electron chi connectivity index (χ0n) is 11.2. The fourth-order valence-electron chi connectivity index (χ4n) is 1.73. The van der Waals surface area contributed by atoms with Gasteiger partial charge in [-0.05, 0) is 36.8 Å². The predicted octanol–water partition coefficient (Wildman–Crippen LogP) is 0.0842. The second kappa shape index (κ2) is 7.94. The largest absolute Gasteiger partial charge is 1.00 e. The van der Waals surface area contributed by atoms with Crippen LogP contribution in [0.2, 0.25) is 0 Å². The van der Waals surface area contributed by atoms with Gasteiger partial charge in [0.15, 0.2) is 6.20 Å². The maximum Gasteiger partial charge on any atom is 0.204 e. The smallest absolute Gasteiger partial charge is 0.204 e. The van der Waals surface area contributed by atoms with E-state index in [-0.39, 0.29) is 24.0 Å². The van der Waals surface area contributed by atoms with Crippen molar-refractivity contribution in [1.82, 2.24) is 0 Å². The number of hydrogen-bond donors (Lipinski definition) is 0. The fraction of sp³-hybridized carbons (Fsp3) is 0.188. The maximum atomic E-state index is 5.41. The lowest BCUT2D eigenvalue weighted by Crippen LogP contribution is -3.00. The molecular formula is C16H18INO. The first-order chi connectivity index (χ1) is 8.79. The summed E-state index contributed by atoms with van der Waals surface area (Å²) >= 11 is 0. The molecule has 0 unspecified atom stereocenters. The van der Waals surface area contributed by atoms with Crippen molar-refractivity contribution in [3.05, 3.63) is 59.9 Å². The standard InChI is InChI=1S/C16H18NO.HI/c1-3-18-16-11-8-14(9-12-16)7-10-15-6-4-5-13-17(15)2;/h4-13H,3H2,1-2H3;1H/q+1;/p-1. The van der Waals surface area contributed by atoms with E-state index in [1.165, 1.54) is 11.3 Å². The van der Waals surface area contributed by atoms with Gasteiger partial charge in [-0.25, -0.2) is 4.57 Å². The quantitative estimate of drug-likeness (QED) is 0.552. The number of ether oxygens (including phenoxy) is 1. The number of benzene rings is 1. The van der Waals surface area contributed by atoms with E-state index in [4.69, 9.17) is 4.74 Å². The topological polar surface area (TPSA) is 13.1 Å². The van der Waals surface area contributed by atoms with Gasteiger partial charge in [0.1, 0.15) is 12.8 Å². The van der Waals surface area contributed by atoms with E-state index in [9.17, 15) is 0 Å². The Morgan fingerprint density at radius 3 is 2.42 bits per heavy atom. The molecule has 0 amide bonds. The molecule has 3 heteroatoms. The SMILES string of the molecule is CCOc1ccc(C=Cc2cccc[n+]2C)cc1.[I-]. The first-order valence-electron chi connectivity index (χ1n) is 6.15. The lowest BCUT2D eigenvalue weighted by atomic mass is 10.2. The monoisotopic (exact) mass is 367 g/mol. The number of rotatable bonds is 4. The van der Waals surface area contributed by atoms with Crippen molar-refractivity contribution >= 4 is 12.2 Å². The molecule has 0 atom stereocenters. The highest BCUT2D eigenvalue weighted by atomic mass is 127. The van der Waals surface area contributed by atoms with E-state index in [1.807, 2.05) is 44.4 Å². The van der Waals surface area contributed by atoms with Crippen LogP contribution >= 0.6 is 0 Å². The van der Waals surface area contributed by atoms with Crippen molar-refractivity contribution in [3.8, 4) is 5.75 Å². The van der Waals surface area contributed by atoms with Gasteiger partial charge in [-0.15, -0.1) is 0 Å². The third-order valence-electron chi connectivity index (χ3n) is 2.73. The Kier molecular flexibility index (Phi) is 6.56. The van der Waals surface area contributed by atoms with Crippen LogP contribution in [-0.2, 0) is 7.05 Å². The molecule has 1 aromatic heterocycles. The Hall–Kier alpha value is -1.36. The van der Waals surface area contributed by atoms with Gasteiger partial charge in [0, 0.05) is 18.2 Å². The summed E-state index contributed by atoms with van der Waals surface area (Å²) in [5, 5.41) is 0. The molecule has 0 fully saturated rings. The molecule has 0 saturated heterocycles. The molecule has 0 spiro atoms. The van der Waals surface area contributed by atoms with Crippen LogP contribution in [0.1, 0.15) is 18.2 Å². The van der Waals surface area contributed by atoms with Gasteiger partial charge in [0.25, 0.3) is 0 Å². The first-order valence-corrected chi connectivity index (χ1v) is 6.15. The van der Waals surface area contributed by atoms with Crippen LogP contribution in [0.5, 0.6) is 5.75 Å². The first kappa shape index (κ1) is 15.7. The molecule has 19 heavy (non-hydrogen) atoms. The number of hydrogen-bond acceptors (Lipinski definition) is 1. The minimum Gasteiger partial charge on any atom is -1.00 e. The lowest BCUT2D eigenvalue weighted by molar-refractivity contribution is -0.673. The van der Waals surface area contributed by atoms with Crippen molar-refractivity contribution in [2.24, 2.45) is 7.05 Å². The third-order valence-corrected chi connectivity index (χ3v) is 2.73. The van der Waals surface area contributed by atoms with Crippen molar-refractivity contribution in [3.63, 3.8) is 0 Å². The lowest BCUT2D eigenvalue weighted by Gasteiger charge is -2.02. The summed E-state index contributed by atoms with van der Waals surface area (Å²) in [6, 6.07) is 14.3. The highest BCUT2D eigenvalue weighted by Crippen LogP contribution is 2.13. The second-order valence-electron chi connectivity index (χ2n) is 4.07. The highest BCUT2D eigenvalue weighted by Gasteiger charge is 1.98. The van der Waals surface area contributed by atoms with Gasteiger partial charge in [-0.1, -0.05) is 12.1 Å². The van der Waals surface area contributed by atoms with Crippen LogP contribution in [0.25, 0.3) is 12.2 Å². The van der Waals surface area contributed by atoms with Crippen LogP contribution in [-0.4, -0.2) is 6.61 Å². The van der Waals surface area contributed by atoms with Crippen molar-refractivity contribution in [2.75, 3.05) is 6.61 Å². The maximum absolute atomic E-state index is 5.41. The number of halogens is 1. The van der Waals surface area contributed by atoms with Crippen LogP contribution < -0.4 is 33.3 Å². The van der Waals surface area contributed by atoms with E-state index in [2.05, 4.69) is 34.9 Å². The molecule has 1 aromatic carbocycles. The highest BCUT2D eigenvalue weighted by molar-refractivity contribution is 5.67. The molecule has 2 aromatic rings. The molecule has 100 valence electrons. The normalized spacial score (nSPS) is 10.2. The van der Waals surface area contributed by atoms with Crippen molar-refractivity contribution in [2.45, 2.75) is 6.92 Å². The summed E-state index contributed by atoms with van der Waals surface area (Å²) in [5.41, 5.74) is 2.34. The Morgan fingerprint density at radius 1 is 1.05 bits per heavy atom. The fourth-order valence-corrected chi connectivity index (χ4v) is 1.73. The van der Waals surface area contributed by atoms with Gasteiger partial charge in [0.05, 0.1) is 6.61 Å². The van der Waals surface area contributed by atoms with Crippen LogP contribution in [0, 0.1) is 0 Å². The van der Waals surface area contributed by atoms with Crippen LogP contribution in [0.15, 0.2) is 48.7 Å². The average molecular weight is 367 g/mol. The molecule has 0 aliphatic rings. The average Bonchev–Trinajstić information content (AvgIpc) is 2.40. The zero-order chi connectivity index (χ0) is 12.8. The van der Waals surface area contributed by atoms with E-state index < -0.39 is 0 Å². The van der Waals surface area contributed by atoms with Gasteiger partial charge in [-0.2, -0.15) is 0 Å². The molecule has 0 aliphatic carbocycles. The number of pyridine rings is 1. The molecule has 0 N–H and O–H groups in total. The van der Waals surface area contributed by atoms with E-state index in [1.54, 1.807) is 0 Å². The molecule has 0 bridgehead atoms. The van der Waals surface area contributed by atoms with Crippen molar-refractivity contribution < 1.29 is 33.3 Å². The Labute approximate surface area is 131 Å². The minimum atomic E-state index is 0. The summed E-state index contributed by atoms with van der Waals surface area (Å²) in [4.78, 5) is 0.